The van der Waals surface area contributed by atoms with Crippen molar-refractivity contribution in [1.29, 1.82) is 0 Å². The zero-order valence-electron chi connectivity index (χ0n) is 17.0. The summed E-state index contributed by atoms with van der Waals surface area (Å²) in [7, 11) is 0. The second-order valence-corrected chi connectivity index (χ2v) is 8.52. The summed E-state index contributed by atoms with van der Waals surface area (Å²) in [6.45, 7) is 6.03. The molecule has 0 bridgehead atoms. The number of carbonyl (C=O) groups excluding carboxylic acids is 1. The lowest BCUT2D eigenvalue weighted by atomic mass is 10.0. The van der Waals surface area contributed by atoms with Crippen LogP contribution in [0.4, 0.5) is 0 Å². The molecule has 1 saturated heterocycles. The Bertz CT molecular complexity index is 778. The maximum absolute atomic E-state index is 12.9. The molecule has 1 atom stereocenters. The van der Waals surface area contributed by atoms with Gasteiger partial charge in [0.25, 0.3) is 5.91 Å². The Hall–Kier alpha value is -2.13. The third-order valence-corrected chi connectivity index (χ3v) is 6.31. The first-order chi connectivity index (χ1) is 13.7. The summed E-state index contributed by atoms with van der Waals surface area (Å²) in [5, 5.41) is 0. The fraction of sp³-hybridized carbons (Fsp3) is 0.480. The van der Waals surface area contributed by atoms with Gasteiger partial charge in [0.15, 0.2) is 0 Å². The summed E-state index contributed by atoms with van der Waals surface area (Å²) in [4.78, 5) is 17.5. The number of nitrogens with zero attached hydrogens (tertiary/aromatic N) is 2. The van der Waals surface area contributed by atoms with E-state index in [0.29, 0.717) is 6.04 Å². The molecule has 0 spiro atoms. The molecule has 2 fully saturated rings. The normalized spacial score (nSPS) is 18.3. The third-order valence-electron chi connectivity index (χ3n) is 6.31. The van der Waals surface area contributed by atoms with Crippen molar-refractivity contribution in [3.05, 3.63) is 71.3 Å². The Labute approximate surface area is 169 Å². The topological polar surface area (TPSA) is 23.6 Å². The highest BCUT2D eigenvalue weighted by Gasteiger charge is 2.32. The summed E-state index contributed by atoms with van der Waals surface area (Å²) in [5.74, 6) is 1.02. The minimum absolute atomic E-state index is 0.200. The van der Waals surface area contributed by atoms with Gasteiger partial charge in [0.05, 0.1) is 0 Å². The highest BCUT2D eigenvalue weighted by atomic mass is 16.2. The molecular formula is C25H32N2O. The SMILES string of the molecule is CC(C1CC1)N(Cc1ccccc1)Cc1cccc(C(=O)N2CCCCC2)c1. The van der Waals surface area contributed by atoms with Gasteiger partial charge in [-0.3, -0.25) is 9.69 Å². The van der Waals surface area contributed by atoms with Gasteiger partial charge >= 0.3 is 0 Å². The maximum atomic E-state index is 12.9. The molecule has 2 aromatic carbocycles. The van der Waals surface area contributed by atoms with E-state index in [0.717, 1.165) is 50.5 Å². The van der Waals surface area contributed by atoms with Gasteiger partial charge < -0.3 is 4.90 Å². The first-order valence-electron chi connectivity index (χ1n) is 10.9. The fourth-order valence-electron chi connectivity index (χ4n) is 4.36. The van der Waals surface area contributed by atoms with E-state index in [1.165, 1.54) is 30.4 Å². The zero-order chi connectivity index (χ0) is 19.3. The van der Waals surface area contributed by atoms with E-state index in [-0.39, 0.29) is 5.91 Å². The van der Waals surface area contributed by atoms with Crippen LogP contribution in [0, 0.1) is 5.92 Å². The van der Waals surface area contributed by atoms with E-state index in [4.69, 9.17) is 0 Å². The van der Waals surface area contributed by atoms with Crippen molar-refractivity contribution >= 4 is 5.91 Å². The summed E-state index contributed by atoms with van der Waals surface area (Å²) in [6, 6.07) is 19.6. The van der Waals surface area contributed by atoms with Crippen molar-refractivity contribution in [2.45, 2.75) is 58.2 Å². The Morgan fingerprint density at radius 3 is 2.36 bits per heavy atom. The number of benzene rings is 2. The van der Waals surface area contributed by atoms with Crippen molar-refractivity contribution in [2.24, 2.45) is 5.92 Å². The van der Waals surface area contributed by atoms with Crippen LogP contribution in [0.1, 0.15) is 60.5 Å². The minimum atomic E-state index is 0.200. The van der Waals surface area contributed by atoms with Gasteiger partial charge in [-0.05, 0) is 68.2 Å². The van der Waals surface area contributed by atoms with Gasteiger partial charge in [-0.25, -0.2) is 0 Å². The van der Waals surface area contributed by atoms with Gasteiger partial charge in [-0.15, -0.1) is 0 Å². The van der Waals surface area contributed by atoms with E-state index in [2.05, 4.69) is 60.4 Å². The lowest BCUT2D eigenvalue weighted by molar-refractivity contribution is 0.0724. The molecule has 1 heterocycles. The van der Waals surface area contributed by atoms with E-state index in [1.807, 2.05) is 11.0 Å². The molecule has 0 radical (unpaired) electrons. The highest BCUT2D eigenvalue weighted by Crippen LogP contribution is 2.36. The molecule has 1 aliphatic carbocycles. The van der Waals surface area contributed by atoms with Crippen LogP contribution in [0.2, 0.25) is 0 Å². The number of amides is 1. The van der Waals surface area contributed by atoms with Crippen molar-refractivity contribution < 1.29 is 4.79 Å². The Morgan fingerprint density at radius 1 is 0.964 bits per heavy atom. The predicted molar refractivity (Wildman–Crippen MR) is 114 cm³/mol. The van der Waals surface area contributed by atoms with Crippen molar-refractivity contribution in [1.82, 2.24) is 9.80 Å². The molecule has 1 saturated carbocycles. The molecule has 4 rings (SSSR count). The van der Waals surface area contributed by atoms with Gasteiger partial charge in [-0.2, -0.15) is 0 Å². The molecule has 2 aliphatic rings. The Balaban J connectivity index is 1.49. The predicted octanol–water partition coefficient (Wildman–Crippen LogP) is 5.11. The number of piperidine rings is 1. The van der Waals surface area contributed by atoms with Gasteiger partial charge in [0.2, 0.25) is 0 Å². The van der Waals surface area contributed by atoms with Crippen LogP contribution >= 0.6 is 0 Å². The average molecular weight is 377 g/mol. The van der Waals surface area contributed by atoms with Gasteiger partial charge in [-0.1, -0.05) is 42.5 Å². The fourth-order valence-corrected chi connectivity index (χ4v) is 4.36. The van der Waals surface area contributed by atoms with Crippen molar-refractivity contribution in [3.63, 3.8) is 0 Å². The van der Waals surface area contributed by atoms with Crippen LogP contribution in [0.25, 0.3) is 0 Å². The molecule has 2 aromatic rings. The van der Waals surface area contributed by atoms with Crippen LogP contribution in [0.3, 0.4) is 0 Å². The largest absolute Gasteiger partial charge is 0.339 e. The van der Waals surface area contributed by atoms with E-state index in [9.17, 15) is 4.79 Å². The molecule has 28 heavy (non-hydrogen) atoms. The molecular weight excluding hydrogens is 344 g/mol. The number of rotatable bonds is 7. The number of likely N-dealkylation sites (tertiary alicyclic amines) is 1. The Kier molecular flexibility index (Phi) is 6.11. The first kappa shape index (κ1) is 19.2. The summed E-state index contributed by atoms with van der Waals surface area (Å²) in [5.41, 5.74) is 3.44. The number of hydrogen-bond acceptors (Lipinski definition) is 2. The summed E-state index contributed by atoms with van der Waals surface area (Å²) >= 11 is 0. The maximum Gasteiger partial charge on any atom is 0.253 e. The molecule has 0 aromatic heterocycles. The van der Waals surface area contributed by atoms with Crippen LogP contribution < -0.4 is 0 Å². The molecule has 0 N–H and O–H groups in total. The number of carbonyl (C=O) groups is 1. The van der Waals surface area contributed by atoms with Gasteiger partial charge in [0.1, 0.15) is 0 Å². The quantitative estimate of drug-likeness (QED) is 0.670. The third kappa shape index (κ3) is 4.82. The molecule has 148 valence electrons. The molecule has 1 aliphatic heterocycles. The van der Waals surface area contributed by atoms with Crippen LogP contribution in [0.15, 0.2) is 54.6 Å². The second kappa shape index (κ2) is 8.91. The number of hydrogen-bond donors (Lipinski definition) is 0. The van der Waals surface area contributed by atoms with Crippen LogP contribution in [-0.2, 0) is 13.1 Å². The minimum Gasteiger partial charge on any atom is -0.339 e. The monoisotopic (exact) mass is 376 g/mol. The first-order valence-corrected chi connectivity index (χ1v) is 10.9. The smallest absolute Gasteiger partial charge is 0.253 e. The molecule has 1 amide bonds. The molecule has 3 nitrogen and oxygen atoms in total. The van der Waals surface area contributed by atoms with E-state index < -0.39 is 0 Å². The van der Waals surface area contributed by atoms with Crippen molar-refractivity contribution in [2.75, 3.05) is 13.1 Å². The summed E-state index contributed by atoms with van der Waals surface area (Å²) in [6.07, 6.45) is 6.21. The lowest BCUT2D eigenvalue weighted by Crippen LogP contribution is -2.36. The van der Waals surface area contributed by atoms with E-state index >= 15 is 0 Å². The standard InChI is InChI=1S/C25H32N2O/c1-20(23-13-14-23)27(18-21-9-4-2-5-10-21)19-22-11-8-12-24(17-22)25(28)26-15-6-3-7-16-26/h2,4-5,8-12,17,20,23H,3,6-7,13-16,18-19H2,1H3. The lowest BCUT2D eigenvalue weighted by Gasteiger charge is -2.30. The molecule has 3 heteroatoms. The Morgan fingerprint density at radius 2 is 1.64 bits per heavy atom. The summed E-state index contributed by atoms with van der Waals surface area (Å²) < 4.78 is 0. The van der Waals surface area contributed by atoms with Crippen molar-refractivity contribution in [3.8, 4) is 0 Å². The second-order valence-electron chi connectivity index (χ2n) is 8.52. The van der Waals surface area contributed by atoms with E-state index in [1.54, 1.807) is 0 Å². The average Bonchev–Trinajstić information content (AvgIpc) is 3.59. The highest BCUT2D eigenvalue weighted by molar-refractivity contribution is 5.94. The van der Waals surface area contributed by atoms with Crippen LogP contribution in [0.5, 0.6) is 0 Å². The zero-order valence-corrected chi connectivity index (χ0v) is 17.0. The van der Waals surface area contributed by atoms with Crippen LogP contribution in [-0.4, -0.2) is 34.8 Å². The van der Waals surface area contributed by atoms with Gasteiger partial charge in [0, 0.05) is 37.8 Å². The molecule has 1 unspecified atom stereocenters.